The standard InChI is InChI=1S/C11H11BrFNO4S/c1-18-11(15)7-4-8(12)9(13)5-10(7)14-19(16,17)6-2-3-6/h4-6,14H,2-3H2,1H3. The van der Waals surface area contributed by atoms with Crippen LogP contribution in [0.5, 0.6) is 0 Å². The van der Waals surface area contributed by atoms with E-state index in [9.17, 15) is 17.6 Å². The summed E-state index contributed by atoms with van der Waals surface area (Å²) in [5, 5.41) is -0.468. The van der Waals surface area contributed by atoms with Crippen LogP contribution in [0.4, 0.5) is 10.1 Å². The molecule has 0 atom stereocenters. The van der Waals surface area contributed by atoms with Crippen molar-refractivity contribution in [2.45, 2.75) is 18.1 Å². The average Bonchev–Trinajstić information content (AvgIpc) is 3.16. The number of esters is 1. The van der Waals surface area contributed by atoms with Crippen LogP contribution in [0.3, 0.4) is 0 Å². The third-order valence-corrected chi connectivity index (χ3v) is 5.14. The first-order chi connectivity index (χ1) is 8.85. The van der Waals surface area contributed by atoms with E-state index in [0.717, 1.165) is 6.07 Å². The number of hydrogen-bond acceptors (Lipinski definition) is 4. The number of carbonyl (C=O) groups is 1. The molecule has 0 amide bonds. The normalized spacial score (nSPS) is 15.1. The molecule has 2 rings (SSSR count). The van der Waals surface area contributed by atoms with E-state index in [2.05, 4.69) is 25.4 Å². The summed E-state index contributed by atoms with van der Waals surface area (Å²) in [5.41, 5.74) is -0.153. The summed E-state index contributed by atoms with van der Waals surface area (Å²) in [5.74, 6) is -1.41. The fourth-order valence-corrected chi connectivity index (χ4v) is 3.27. The van der Waals surface area contributed by atoms with Crippen molar-refractivity contribution < 1.29 is 22.3 Å². The molecule has 0 heterocycles. The van der Waals surface area contributed by atoms with Gasteiger partial charge in [-0.15, -0.1) is 0 Å². The first kappa shape index (κ1) is 14.3. The van der Waals surface area contributed by atoms with Crippen LogP contribution in [0.25, 0.3) is 0 Å². The van der Waals surface area contributed by atoms with E-state index in [1.807, 2.05) is 0 Å². The summed E-state index contributed by atoms with van der Waals surface area (Å²) < 4.78 is 44.0. The zero-order chi connectivity index (χ0) is 14.2. The summed E-state index contributed by atoms with van der Waals surface area (Å²) in [4.78, 5) is 11.6. The monoisotopic (exact) mass is 351 g/mol. The number of rotatable bonds is 4. The van der Waals surface area contributed by atoms with Crippen LogP contribution in [-0.4, -0.2) is 26.7 Å². The van der Waals surface area contributed by atoms with Crippen LogP contribution in [0.2, 0.25) is 0 Å². The lowest BCUT2D eigenvalue weighted by Gasteiger charge is -2.12. The Bertz CT molecular complexity index is 628. The molecule has 19 heavy (non-hydrogen) atoms. The third kappa shape index (κ3) is 3.06. The Balaban J connectivity index is 2.43. The zero-order valence-corrected chi connectivity index (χ0v) is 12.3. The molecule has 0 bridgehead atoms. The van der Waals surface area contributed by atoms with E-state index >= 15 is 0 Å². The van der Waals surface area contributed by atoms with Crippen LogP contribution in [0.15, 0.2) is 16.6 Å². The number of methoxy groups -OCH3 is 1. The topological polar surface area (TPSA) is 72.5 Å². The maximum Gasteiger partial charge on any atom is 0.340 e. The highest BCUT2D eigenvalue weighted by atomic mass is 79.9. The molecule has 0 saturated heterocycles. The van der Waals surface area contributed by atoms with Crippen molar-refractivity contribution in [2.75, 3.05) is 11.8 Å². The van der Waals surface area contributed by atoms with Crippen LogP contribution in [-0.2, 0) is 14.8 Å². The van der Waals surface area contributed by atoms with Gasteiger partial charge >= 0.3 is 5.97 Å². The molecule has 0 radical (unpaired) electrons. The number of carbonyl (C=O) groups excluding carboxylic acids is 1. The molecule has 0 aliphatic heterocycles. The fraction of sp³-hybridized carbons (Fsp3) is 0.364. The second kappa shape index (κ2) is 5.09. The smallest absolute Gasteiger partial charge is 0.340 e. The Kier molecular flexibility index (Phi) is 3.82. The molecule has 0 unspecified atom stereocenters. The molecular formula is C11H11BrFNO4S. The van der Waals surface area contributed by atoms with E-state index in [4.69, 9.17) is 0 Å². The fourth-order valence-electron chi connectivity index (χ4n) is 1.53. The summed E-state index contributed by atoms with van der Waals surface area (Å²) in [7, 11) is -2.41. The van der Waals surface area contributed by atoms with Gasteiger partial charge in [-0.3, -0.25) is 4.72 Å². The van der Waals surface area contributed by atoms with E-state index in [-0.39, 0.29) is 15.7 Å². The number of hydrogen-bond donors (Lipinski definition) is 1. The van der Waals surface area contributed by atoms with Crippen molar-refractivity contribution in [2.24, 2.45) is 0 Å². The minimum absolute atomic E-state index is 0.0417. The van der Waals surface area contributed by atoms with Crippen molar-refractivity contribution in [3.63, 3.8) is 0 Å². The Morgan fingerprint density at radius 1 is 1.47 bits per heavy atom. The Morgan fingerprint density at radius 2 is 2.11 bits per heavy atom. The first-order valence-electron chi connectivity index (χ1n) is 5.44. The lowest BCUT2D eigenvalue weighted by molar-refractivity contribution is 0.0602. The third-order valence-electron chi connectivity index (χ3n) is 2.68. The van der Waals surface area contributed by atoms with Crippen LogP contribution < -0.4 is 4.72 Å². The van der Waals surface area contributed by atoms with Gasteiger partial charge in [-0.25, -0.2) is 17.6 Å². The molecule has 0 aromatic heterocycles. The maximum absolute atomic E-state index is 13.5. The molecule has 1 fully saturated rings. The maximum atomic E-state index is 13.5. The summed E-state index contributed by atoms with van der Waals surface area (Å²) >= 11 is 2.94. The molecule has 104 valence electrons. The van der Waals surface area contributed by atoms with Crippen LogP contribution >= 0.6 is 15.9 Å². The lowest BCUT2D eigenvalue weighted by atomic mass is 10.2. The van der Waals surface area contributed by atoms with Crippen molar-refractivity contribution in [1.82, 2.24) is 0 Å². The number of halogens is 2. The van der Waals surface area contributed by atoms with Crippen molar-refractivity contribution >= 4 is 37.6 Å². The van der Waals surface area contributed by atoms with Gasteiger partial charge in [0.15, 0.2) is 0 Å². The van der Waals surface area contributed by atoms with Gasteiger partial charge in [0.1, 0.15) is 5.82 Å². The zero-order valence-electron chi connectivity index (χ0n) is 9.94. The number of sulfonamides is 1. The van der Waals surface area contributed by atoms with Crippen LogP contribution in [0.1, 0.15) is 23.2 Å². The molecule has 1 aromatic rings. The molecule has 1 aromatic carbocycles. The summed E-state index contributed by atoms with van der Waals surface area (Å²) in [6.07, 6.45) is 1.14. The molecular weight excluding hydrogens is 341 g/mol. The lowest BCUT2D eigenvalue weighted by Crippen LogP contribution is -2.19. The summed E-state index contributed by atoms with van der Waals surface area (Å²) in [6.45, 7) is 0. The highest BCUT2D eigenvalue weighted by Crippen LogP contribution is 2.32. The van der Waals surface area contributed by atoms with E-state index < -0.39 is 27.1 Å². The largest absolute Gasteiger partial charge is 0.465 e. The van der Waals surface area contributed by atoms with Gasteiger partial charge in [-0.05, 0) is 34.8 Å². The number of anilines is 1. The van der Waals surface area contributed by atoms with E-state index in [0.29, 0.717) is 12.8 Å². The molecule has 5 nitrogen and oxygen atoms in total. The highest BCUT2D eigenvalue weighted by Gasteiger charge is 2.36. The predicted molar refractivity (Wildman–Crippen MR) is 71.0 cm³/mol. The second-order valence-corrected chi connectivity index (χ2v) is 6.97. The first-order valence-corrected chi connectivity index (χ1v) is 7.78. The Hall–Kier alpha value is -1.15. The van der Waals surface area contributed by atoms with Crippen molar-refractivity contribution in [3.8, 4) is 0 Å². The van der Waals surface area contributed by atoms with Gasteiger partial charge < -0.3 is 4.74 Å². The number of nitrogens with one attached hydrogen (secondary N) is 1. The van der Waals surface area contributed by atoms with Crippen molar-refractivity contribution in [1.29, 1.82) is 0 Å². The molecule has 1 saturated carbocycles. The van der Waals surface area contributed by atoms with E-state index in [1.54, 1.807) is 0 Å². The van der Waals surface area contributed by atoms with Gasteiger partial charge in [-0.1, -0.05) is 0 Å². The molecule has 1 aliphatic carbocycles. The van der Waals surface area contributed by atoms with Gasteiger partial charge in [-0.2, -0.15) is 0 Å². The second-order valence-electron chi connectivity index (χ2n) is 4.15. The predicted octanol–water partition coefficient (Wildman–Crippen LogP) is 2.28. The van der Waals surface area contributed by atoms with E-state index in [1.165, 1.54) is 13.2 Å². The van der Waals surface area contributed by atoms with Crippen molar-refractivity contribution in [3.05, 3.63) is 28.0 Å². The van der Waals surface area contributed by atoms with Gasteiger partial charge in [0.05, 0.1) is 28.1 Å². The molecule has 1 aliphatic rings. The Morgan fingerprint density at radius 3 is 2.63 bits per heavy atom. The number of ether oxygens (including phenoxy) is 1. The summed E-state index contributed by atoms with van der Waals surface area (Å²) in [6, 6.07) is 2.14. The minimum atomic E-state index is -3.57. The highest BCUT2D eigenvalue weighted by molar-refractivity contribution is 9.10. The van der Waals surface area contributed by atoms with Crippen LogP contribution in [0, 0.1) is 5.82 Å². The quantitative estimate of drug-likeness (QED) is 0.844. The SMILES string of the molecule is COC(=O)c1cc(Br)c(F)cc1NS(=O)(=O)C1CC1. The number of benzene rings is 1. The minimum Gasteiger partial charge on any atom is -0.465 e. The van der Waals surface area contributed by atoms with Gasteiger partial charge in [0.2, 0.25) is 10.0 Å². The van der Waals surface area contributed by atoms with Gasteiger partial charge in [0.25, 0.3) is 0 Å². The average molecular weight is 352 g/mol. The molecule has 1 N–H and O–H groups in total. The Labute approximate surface area is 118 Å². The molecule has 0 spiro atoms. The molecule has 8 heteroatoms. The van der Waals surface area contributed by atoms with Gasteiger partial charge in [0, 0.05) is 6.07 Å².